The van der Waals surface area contributed by atoms with Gasteiger partial charge >= 0.3 is 6.18 Å². The van der Waals surface area contributed by atoms with Crippen LogP contribution in [-0.4, -0.2) is 33.4 Å². The van der Waals surface area contributed by atoms with E-state index in [4.69, 9.17) is 0 Å². The number of rotatable bonds is 2. The molecule has 0 saturated carbocycles. The van der Waals surface area contributed by atoms with Gasteiger partial charge in [0.05, 0.1) is 11.3 Å². The lowest BCUT2D eigenvalue weighted by Crippen LogP contribution is -2.39. The van der Waals surface area contributed by atoms with Crippen molar-refractivity contribution in [2.75, 3.05) is 13.1 Å². The maximum absolute atomic E-state index is 12.7. The SMILES string of the molecule is Cc1nc(C(F)(F)F)ccc1C(=O)N1CCC(n2cccc2)CC1. The standard InChI is InChI=1S/C17H18F3N3O/c1-12-14(4-5-15(21-12)17(18,19)20)16(24)23-10-6-13(7-11-23)22-8-2-3-9-22/h2-5,8-9,13H,6-7,10-11H2,1H3. The Kier molecular flexibility index (Phi) is 4.34. The third-order valence-corrected chi connectivity index (χ3v) is 4.41. The molecule has 24 heavy (non-hydrogen) atoms. The summed E-state index contributed by atoms with van der Waals surface area (Å²) in [4.78, 5) is 17.8. The molecule has 2 aromatic rings. The highest BCUT2D eigenvalue weighted by atomic mass is 19.4. The van der Waals surface area contributed by atoms with Gasteiger partial charge in [0, 0.05) is 31.5 Å². The fourth-order valence-corrected chi connectivity index (χ4v) is 3.07. The number of carbonyl (C=O) groups is 1. The highest BCUT2D eigenvalue weighted by Gasteiger charge is 2.33. The number of hydrogen-bond donors (Lipinski definition) is 0. The Morgan fingerprint density at radius 3 is 2.33 bits per heavy atom. The first-order valence-electron chi connectivity index (χ1n) is 7.83. The van der Waals surface area contributed by atoms with Crippen molar-refractivity contribution in [3.05, 3.63) is 53.6 Å². The fraction of sp³-hybridized carbons (Fsp3) is 0.412. The first-order valence-corrected chi connectivity index (χ1v) is 7.83. The number of likely N-dealkylation sites (tertiary alicyclic amines) is 1. The molecule has 1 amide bonds. The Morgan fingerprint density at radius 2 is 1.79 bits per heavy atom. The average molecular weight is 337 g/mol. The molecule has 7 heteroatoms. The van der Waals surface area contributed by atoms with Gasteiger partial charge in [0.2, 0.25) is 0 Å². The number of aromatic nitrogens is 2. The van der Waals surface area contributed by atoms with Crippen LogP contribution >= 0.6 is 0 Å². The van der Waals surface area contributed by atoms with Gasteiger partial charge in [-0.2, -0.15) is 13.2 Å². The molecule has 2 aromatic heterocycles. The zero-order valence-electron chi connectivity index (χ0n) is 13.3. The topological polar surface area (TPSA) is 38.1 Å². The first-order chi connectivity index (χ1) is 11.4. The molecule has 4 nitrogen and oxygen atoms in total. The number of piperidine rings is 1. The number of aryl methyl sites for hydroxylation is 1. The van der Waals surface area contributed by atoms with Crippen LogP contribution in [0.5, 0.6) is 0 Å². The van der Waals surface area contributed by atoms with Crippen LogP contribution in [0, 0.1) is 6.92 Å². The van der Waals surface area contributed by atoms with Gasteiger partial charge in [-0.1, -0.05) is 0 Å². The molecule has 3 rings (SSSR count). The molecule has 0 spiro atoms. The number of halogens is 3. The predicted molar refractivity (Wildman–Crippen MR) is 82.6 cm³/mol. The lowest BCUT2D eigenvalue weighted by molar-refractivity contribution is -0.141. The van der Waals surface area contributed by atoms with Gasteiger partial charge < -0.3 is 9.47 Å². The van der Waals surface area contributed by atoms with Crippen molar-refractivity contribution >= 4 is 5.91 Å². The number of alkyl halides is 3. The van der Waals surface area contributed by atoms with Crippen LogP contribution in [0.25, 0.3) is 0 Å². The normalized spacial score (nSPS) is 16.4. The van der Waals surface area contributed by atoms with Crippen molar-refractivity contribution in [3.63, 3.8) is 0 Å². The van der Waals surface area contributed by atoms with E-state index in [9.17, 15) is 18.0 Å². The first kappa shape index (κ1) is 16.5. The number of amides is 1. The largest absolute Gasteiger partial charge is 0.433 e. The van der Waals surface area contributed by atoms with Crippen molar-refractivity contribution in [2.45, 2.75) is 32.0 Å². The maximum Gasteiger partial charge on any atom is 0.433 e. The number of hydrogen-bond acceptors (Lipinski definition) is 2. The van der Waals surface area contributed by atoms with Crippen LogP contribution in [0.2, 0.25) is 0 Å². The third kappa shape index (κ3) is 3.29. The molecule has 0 N–H and O–H groups in total. The van der Waals surface area contributed by atoms with Crippen molar-refractivity contribution in [1.29, 1.82) is 0 Å². The quantitative estimate of drug-likeness (QED) is 0.838. The van der Waals surface area contributed by atoms with E-state index in [0.717, 1.165) is 18.9 Å². The Bertz CT molecular complexity index is 717. The smallest absolute Gasteiger partial charge is 0.351 e. The predicted octanol–water partition coefficient (Wildman–Crippen LogP) is 3.69. The Labute approximate surface area is 137 Å². The lowest BCUT2D eigenvalue weighted by Gasteiger charge is -2.33. The van der Waals surface area contributed by atoms with Gasteiger partial charge in [0.25, 0.3) is 5.91 Å². The summed E-state index contributed by atoms with van der Waals surface area (Å²) in [5.74, 6) is -0.250. The van der Waals surface area contributed by atoms with Gasteiger partial charge in [0.15, 0.2) is 0 Å². The van der Waals surface area contributed by atoms with E-state index in [-0.39, 0.29) is 17.2 Å². The summed E-state index contributed by atoms with van der Waals surface area (Å²) in [7, 11) is 0. The van der Waals surface area contributed by atoms with Crippen molar-refractivity contribution < 1.29 is 18.0 Å². The van der Waals surface area contributed by atoms with E-state index in [1.165, 1.54) is 13.0 Å². The van der Waals surface area contributed by atoms with Crippen LogP contribution < -0.4 is 0 Å². The minimum absolute atomic E-state index is 0.113. The zero-order chi connectivity index (χ0) is 17.3. The molecule has 1 aliphatic heterocycles. The minimum Gasteiger partial charge on any atom is -0.351 e. The summed E-state index contributed by atoms with van der Waals surface area (Å²) in [6, 6.07) is 6.39. The van der Waals surface area contributed by atoms with Gasteiger partial charge in [-0.25, -0.2) is 4.98 Å². The van der Waals surface area contributed by atoms with Crippen molar-refractivity contribution in [2.24, 2.45) is 0 Å². The van der Waals surface area contributed by atoms with Gasteiger partial charge in [0.1, 0.15) is 5.69 Å². The van der Waals surface area contributed by atoms with Gasteiger partial charge in [-0.05, 0) is 44.0 Å². The molecule has 0 aromatic carbocycles. The van der Waals surface area contributed by atoms with E-state index in [1.807, 2.05) is 24.5 Å². The molecule has 128 valence electrons. The number of carbonyl (C=O) groups excluding carboxylic acids is 1. The number of nitrogens with zero attached hydrogens (tertiary/aromatic N) is 3. The van der Waals surface area contributed by atoms with Crippen LogP contribution in [0.4, 0.5) is 13.2 Å². The summed E-state index contributed by atoms with van der Waals surface area (Å²) in [5.41, 5.74) is -0.618. The second-order valence-electron chi connectivity index (χ2n) is 5.98. The molecule has 0 radical (unpaired) electrons. The molecule has 0 unspecified atom stereocenters. The second kappa shape index (κ2) is 6.30. The molecular weight excluding hydrogens is 319 g/mol. The Hall–Kier alpha value is -2.31. The minimum atomic E-state index is -4.50. The molecule has 1 fully saturated rings. The molecule has 0 atom stereocenters. The van der Waals surface area contributed by atoms with E-state index < -0.39 is 11.9 Å². The van der Waals surface area contributed by atoms with Crippen LogP contribution in [0.15, 0.2) is 36.7 Å². The molecular formula is C17H18F3N3O. The van der Waals surface area contributed by atoms with E-state index in [0.29, 0.717) is 19.1 Å². The van der Waals surface area contributed by atoms with Gasteiger partial charge in [-0.15, -0.1) is 0 Å². The maximum atomic E-state index is 12.7. The Morgan fingerprint density at radius 1 is 1.17 bits per heavy atom. The van der Waals surface area contributed by atoms with E-state index >= 15 is 0 Å². The molecule has 0 aliphatic carbocycles. The molecule has 3 heterocycles. The highest BCUT2D eigenvalue weighted by molar-refractivity contribution is 5.95. The molecule has 0 bridgehead atoms. The highest BCUT2D eigenvalue weighted by Crippen LogP contribution is 2.29. The van der Waals surface area contributed by atoms with Crippen molar-refractivity contribution in [3.8, 4) is 0 Å². The zero-order valence-corrected chi connectivity index (χ0v) is 13.3. The summed E-state index contributed by atoms with van der Waals surface area (Å²) in [6.07, 6.45) is 1.17. The summed E-state index contributed by atoms with van der Waals surface area (Å²) in [6.45, 7) is 2.61. The van der Waals surface area contributed by atoms with Crippen LogP contribution in [0.1, 0.15) is 40.6 Å². The molecule has 1 saturated heterocycles. The summed E-state index contributed by atoms with van der Waals surface area (Å²) < 4.78 is 40.1. The summed E-state index contributed by atoms with van der Waals surface area (Å²) >= 11 is 0. The van der Waals surface area contributed by atoms with E-state index in [1.54, 1.807) is 4.90 Å². The monoisotopic (exact) mass is 337 g/mol. The van der Waals surface area contributed by atoms with Crippen LogP contribution in [0.3, 0.4) is 0 Å². The third-order valence-electron chi connectivity index (χ3n) is 4.41. The van der Waals surface area contributed by atoms with Gasteiger partial charge in [-0.3, -0.25) is 4.79 Å². The van der Waals surface area contributed by atoms with E-state index in [2.05, 4.69) is 9.55 Å². The number of pyridine rings is 1. The Balaban J connectivity index is 1.69. The van der Waals surface area contributed by atoms with Crippen molar-refractivity contribution in [1.82, 2.24) is 14.5 Å². The lowest BCUT2D eigenvalue weighted by atomic mass is 10.0. The van der Waals surface area contributed by atoms with Crippen LogP contribution in [-0.2, 0) is 6.18 Å². The second-order valence-corrected chi connectivity index (χ2v) is 5.98. The average Bonchev–Trinajstić information content (AvgIpc) is 3.08. The fourth-order valence-electron chi connectivity index (χ4n) is 3.07. The molecule has 1 aliphatic rings. The summed E-state index contributed by atoms with van der Waals surface area (Å²) in [5, 5.41) is 0.